The molecule has 0 radical (unpaired) electrons. The molecule has 0 bridgehead atoms. The molecule has 22 heavy (non-hydrogen) atoms. The van der Waals surface area contributed by atoms with Crippen LogP contribution in [0.15, 0.2) is 42.7 Å². The zero-order chi connectivity index (χ0) is 15.5. The number of halogens is 2. The Labute approximate surface area is 145 Å². The number of benzene rings is 1. The molecular weight excluding hydrogens is 337 g/mol. The fourth-order valence-corrected chi connectivity index (χ4v) is 3.00. The molecule has 0 atom stereocenters. The molecule has 114 valence electrons. The molecule has 0 saturated heterocycles. The molecule has 1 heterocycles. The summed E-state index contributed by atoms with van der Waals surface area (Å²) >= 11 is 17.7. The Morgan fingerprint density at radius 1 is 1.23 bits per heavy atom. The molecule has 2 aromatic rings. The lowest BCUT2D eigenvalue weighted by molar-refractivity contribution is 0.409. The number of hydrogen-bond donors (Lipinski definition) is 1. The molecule has 1 aromatic carbocycles. The van der Waals surface area contributed by atoms with Gasteiger partial charge in [0, 0.05) is 30.0 Å². The van der Waals surface area contributed by atoms with Crippen molar-refractivity contribution in [3.05, 3.63) is 58.3 Å². The number of nitrogens with zero attached hydrogens (tertiary/aromatic N) is 2. The van der Waals surface area contributed by atoms with Gasteiger partial charge in [0.2, 0.25) is 0 Å². The quantitative estimate of drug-likeness (QED) is 0.804. The number of aromatic nitrogens is 1. The summed E-state index contributed by atoms with van der Waals surface area (Å²) in [5.74, 6) is 0. The van der Waals surface area contributed by atoms with Gasteiger partial charge in [-0.1, -0.05) is 23.2 Å². The first-order valence-corrected chi connectivity index (χ1v) is 8.21. The fraction of sp³-hybridized carbons (Fsp3) is 0.250. The van der Waals surface area contributed by atoms with Crippen molar-refractivity contribution in [3.63, 3.8) is 0 Å². The third kappa shape index (κ3) is 3.88. The first kappa shape index (κ1) is 15.5. The van der Waals surface area contributed by atoms with Gasteiger partial charge in [-0.2, -0.15) is 0 Å². The second-order valence-corrected chi connectivity index (χ2v) is 6.50. The molecule has 0 amide bonds. The van der Waals surface area contributed by atoms with Crippen LogP contribution in [0, 0.1) is 0 Å². The Morgan fingerprint density at radius 2 is 1.95 bits per heavy atom. The highest BCUT2D eigenvalue weighted by molar-refractivity contribution is 7.80. The van der Waals surface area contributed by atoms with Crippen molar-refractivity contribution in [2.75, 3.05) is 5.32 Å². The normalized spacial score (nSPS) is 13.7. The van der Waals surface area contributed by atoms with Crippen LogP contribution in [-0.2, 0) is 6.54 Å². The zero-order valence-electron chi connectivity index (χ0n) is 11.8. The molecule has 0 unspecified atom stereocenters. The highest BCUT2D eigenvalue weighted by Gasteiger charge is 2.31. The van der Waals surface area contributed by atoms with E-state index in [2.05, 4.69) is 15.2 Å². The topological polar surface area (TPSA) is 28.2 Å². The van der Waals surface area contributed by atoms with E-state index in [-0.39, 0.29) is 0 Å². The summed E-state index contributed by atoms with van der Waals surface area (Å²) in [4.78, 5) is 6.25. The van der Waals surface area contributed by atoms with Gasteiger partial charge in [0.05, 0.1) is 10.7 Å². The molecular formula is C16H15Cl2N3S. The molecule has 0 aliphatic heterocycles. The lowest BCUT2D eigenvalue weighted by atomic mass is 10.2. The van der Waals surface area contributed by atoms with Gasteiger partial charge in [0.15, 0.2) is 5.11 Å². The smallest absolute Gasteiger partial charge is 0.174 e. The number of rotatable bonds is 4. The van der Waals surface area contributed by atoms with Crippen molar-refractivity contribution in [1.82, 2.24) is 9.88 Å². The van der Waals surface area contributed by atoms with Gasteiger partial charge in [0.1, 0.15) is 0 Å². The van der Waals surface area contributed by atoms with Crippen molar-refractivity contribution in [1.29, 1.82) is 0 Å². The second kappa shape index (κ2) is 6.82. The SMILES string of the molecule is S=C(Nc1ccc(Cl)cc1Cl)N(Cc1ccncc1)C1CC1. The Morgan fingerprint density at radius 3 is 2.59 bits per heavy atom. The Bertz CT molecular complexity index is 674. The number of thiocarbonyl (C=S) groups is 1. The molecule has 3 nitrogen and oxygen atoms in total. The minimum Gasteiger partial charge on any atom is -0.342 e. The maximum Gasteiger partial charge on any atom is 0.174 e. The van der Waals surface area contributed by atoms with Crippen molar-refractivity contribution in [2.24, 2.45) is 0 Å². The van der Waals surface area contributed by atoms with Crippen molar-refractivity contribution < 1.29 is 0 Å². The highest BCUT2D eigenvalue weighted by atomic mass is 35.5. The molecule has 1 aliphatic rings. The van der Waals surface area contributed by atoms with Crippen molar-refractivity contribution >= 4 is 46.2 Å². The zero-order valence-corrected chi connectivity index (χ0v) is 14.1. The van der Waals surface area contributed by atoms with E-state index in [1.807, 2.05) is 18.2 Å². The van der Waals surface area contributed by atoms with Gasteiger partial charge in [-0.25, -0.2) is 0 Å². The van der Waals surface area contributed by atoms with Gasteiger partial charge in [0.25, 0.3) is 0 Å². The first-order valence-electron chi connectivity index (χ1n) is 7.05. The van der Waals surface area contributed by atoms with Crippen molar-refractivity contribution in [2.45, 2.75) is 25.4 Å². The van der Waals surface area contributed by atoms with E-state index < -0.39 is 0 Å². The van der Waals surface area contributed by atoms with Crippen LogP contribution in [0.3, 0.4) is 0 Å². The molecule has 1 aromatic heterocycles. The second-order valence-electron chi connectivity index (χ2n) is 5.27. The van der Waals surface area contributed by atoms with Gasteiger partial charge < -0.3 is 10.2 Å². The predicted octanol–water partition coefficient (Wildman–Crippen LogP) is 4.75. The molecule has 1 saturated carbocycles. The van der Waals surface area contributed by atoms with E-state index in [9.17, 15) is 0 Å². The molecule has 3 rings (SSSR count). The van der Waals surface area contributed by atoms with Gasteiger partial charge in [-0.3, -0.25) is 4.98 Å². The maximum absolute atomic E-state index is 6.20. The number of anilines is 1. The lowest BCUT2D eigenvalue weighted by Crippen LogP contribution is -2.36. The summed E-state index contributed by atoms with van der Waals surface area (Å²) in [6.07, 6.45) is 5.93. The summed E-state index contributed by atoms with van der Waals surface area (Å²) < 4.78 is 0. The monoisotopic (exact) mass is 351 g/mol. The lowest BCUT2D eigenvalue weighted by Gasteiger charge is -2.26. The predicted molar refractivity (Wildman–Crippen MR) is 95.5 cm³/mol. The summed E-state index contributed by atoms with van der Waals surface area (Å²) in [5, 5.41) is 5.09. The summed E-state index contributed by atoms with van der Waals surface area (Å²) in [6.45, 7) is 0.768. The Balaban J connectivity index is 1.73. The van der Waals surface area contributed by atoms with E-state index in [1.54, 1.807) is 24.5 Å². The van der Waals surface area contributed by atoms with Gasteiger partial charge in [-0.15, -0.1) is 0 Å². The van der Waals surface area contributed by atoms with Crippen LogP contribution in [0.4, 0.5) is 5.69 Å². The Kier molecular flexibility index (Phi) is 4.81. The van der Waals surface area contributed by atoms with E-state index >= 15 is 0 Å². The van der Waals surface area contributed by atoms with Crippen LogP contribution >= 0.6 is 35.4 Å². The number of pyridine rings is 1. The number of nitrogens with one attached hydrogen (secondary N) is 1. The van der Waals surface area contributed by atoms with Crippen LogP contribution in [0.5, 0.6) is 0 Å². The molecule has 6 heteroatoms. The van der Waals surface area contributed by atoms with E-state index in [1.165, 1.54) is 18.4 Å². The van der Waals surface area contributed by atoms with Gasteiger partial charge in [-0.05, 0) is 61.0 Å². The standard InChI is InChI=1S/C16H15Cl2N3S/c17-12-1-4-15(14(18)9-12)20-16(22)21(13-2-3-13)10-11-5-7-19-8-6-11/h1,4-9,13H,2-3,10H2,(H,20,22). The summed E-state index contributed by atoms with van der Waals surface area (Å²) in [5.41, 5.74) is 1.96. The molecule has 1 N–H and O–H groups in total. The van der Waals surface area contributed by atoms with E-state index in [0.717, 1.165) is 12.2 Å². The first-order chi connectivity index (χ1) is 10.6. The average molecular weight is 352 g/mol. The third-order valence-electron chi connectivity index (χ3n) is 3.52. The summed E-state index contributed by atoms with van der Waals surface area (Å²) in [7, 11) is 0. The minimum atomic E-state index is 0.499. The third-order valence-corrected chi connectivity index (χ3v) is 4.41. The van der Waals surface area contributed by atoms with Crippen LogP contribution in [0.25, 0.3) is 0 Å². The van der Waals surface area contributed by atoms with Gasteiger partial charge >= 0.3 is 0 Å². The largest absolute Gasteiger partial charge is 0.342 e. The number of hydrogen-bond acceptors (Lipinski definition) is 2. The minimum absolute atomic E-state index is 0.499. The van der Waals surface area contributed by atoms with Crippen molar-refractivity contribution in [3.8, 4) is 0 Å². The average Bonchev–Trinajstić information content (AvgIpc) is 3.33. The Hall–Kier alpha value is -1.36. The van der Waals surface area contributed by atoms with Crippen LogP contribution in [0.2, 0.25) is 10.0 Å². The van der Waals surface area contributed by atoms with E-state index in [0.29, 0.717) is 21.2 Å². The molecule has 0 spiro atoms. The fourth-order valence-electron chi connectivity index (χ4n) is 2.22. The van der Waals surface area contributed by atoms with Crippen LogP contribution in [0.1, 0.15) is 18.4 Å². The van der Waals surface area contributed by atoms with E-state index in [4.69, 9.17) is 35.4 Å². The van der Waals surface area contributed by atoms with Crippen LogP contribution < -0.4 is 5.32 Å². The molecule has 1 fully saturated rings. The summed E-state index contributed by atoms with van der Waals surface area (Å²) in [6, 6.07) is 9.86. The highest BCUT2D eigenvalue weighted by Crippen LogP contribution is 2.30. The van der Waals surface area contributed by atoms with Crippen LogP contribution in [-0.4, -0.2) is 21.0 Å². The maximum atomic E-state index is 6.20. The molecule has 1 aliphatic carbocycles.